The molecule has 0 aliphatic heterocycles. The zero-order chi connectivity index (χ0) is 15.7. The third-order valence-electron chi connectivity index (χ3n) is 3.23. The van der Waals surface area contributed by atoms with Crippen molar-refractivity contribution in [3.8, 4) is 0 Å². The lowest BCUT2D eigenvalue weighted by atomic mass is 10.1. The van der Waals surface area contributed by atoms with Crippen molar-refractivity contribution in [3.05, 3.63) is 35.4 Å². The van der Waals surface area contributed by atoms with E-state index in [4.69, 9.17) is 9.84 Å². The Bertz CT molecular complexity index is 456. The summed E-state index contributed by atoms with van der Waals surface area (Å²) in [7, 11) is 1.50. The zero-order valence-corrected chi connectivity index (χ0v) is 12.6. The molecule has 1 rings (SSSR count). The summed E-state index contributed by atoms with van der Waals surface area (Å²) in [6.07, 6.45) is 2.11. The fourth-order valence-corrected chi connectivity index (χ4v) is 1.97. The average molecular weight is 293 g/mol. The summed E-state index contributed by atoms with van der Waals surface area (Å²) in [5.74, 6) is -1.26. The lowest BCUT2D eigenvalue weighted by molar-refractivity contribution is -0.142. The molecule has 5 heteroatoms. The Hall–Kier alpha value is -1.88. The zero-order valence-electron chi connectivity index (χ0n) is 12.6. The molecule has 0 saturated heterocycles. The molecule has 5 nitrogen and oxygen atoms in total. The van der Waals surface area contributed by atoms with Crippen molar-refractivity contribution in [1.29, 1.82) is 0 Å². The van der Waals surface area contributed by atoms with Crippen molar-refractivity contribution in [3.63, 3.8) is 0 Å². The maximum atomic E-state index is 11.8. The van der Waals surface area contributed by atoms with E-state index in [2.05, 4.69) is 5.32 Å². The van der Waals surface area contributed by atoms with Crippen molar-refractivity contribution in [2.24, 2.45) is 0 Å². The van der Waals surface area contributed by atoms with Gasteiger partial charge in [0.1, 0.15) is 6.04 Å². The molecular formula is C16H23NO4. The number of ether oxygens (including phenoxy) is 1. The van der Waals surface area contributed by atoms with Crippen LogP contribution in [-0.4, -0.2) is 36.7 Å². The van der Waals surface area contributed by atoms with Crippen LogP contribution in [0.1, 0.15) is 30.4 Å². The molecule has 1 atom stereocenters. The first-order valence-corrected chi connectivity index (χ1v) is 7.09. The Labute approximate surface area is 125 Å². The highest BCUT2D eigenvalue weighted by molar-refractivity contribution is 5.83. The molecule has 0 aliphatic carbocycles. The van der Waals surface area contributed by atoms with E-state index in [9.17, 15) is 9.59 Å². The van der Waals surface area contributed by atoms with Gasteiger partial charge in [0.25, 0.3) is 0 Å². The Morgan fingerprint density at radius 3 is 2.52 bits per heavy atom. The van der Waals surface area contributed by atoms with Crippen LogP contribution in [0, 0.1) is 6.92 Å². The van der Waals surface area contributed by atoms with Crippen molar-refractivity contribution in [2.75, 3.05) is 13.7 Å². The Morgan fingerprint density at radius 2 is 1.95 bits per heavy atom. The molecule has 0 saturated carbocycles. The van der Waals surface area contributed by atoms with E-state index in [0.717, 1.165) is 6.42 Å². The summed E-state index contributed by atoms with van der Waals surface area (Å²) in [4.78, 5) is 22.7. The third-order valence-corrected chi connectivity index (χ3v) is 3.23. The SMILES string of the molecule is COCCC(NC(=O)CCCc1ccc(C)cc1)C(=O)O. The number of hydrogen-bond donors (Lipinski definition) is 2. The van der Waals surface area contributed by atoms with E-state index in [1.54, 1.807) is 0 Å². The second kappa shape index (κ2) is 9.13. The van der Waals surface area contributed by atoms with E-state index in [1.165, 1.54) is 18.2 Å². The van der Waals surface area contributed by atoms with Crippen LogP contribution in [0.4, 0.5) is 0 Å². The van der Waals surface area contributed by atoms with Crippen LogP contribution in [0.3, 0.4) is 0 Å². The topological polar surface area (TPSA) is 75.6 Å². The maximum absolute atomic E-state index is 11.8. The van der Waals surface area contributed by atoms with Gasteiger partial charge in [-0.2, -0.15) is 0 Å². The summed E-state index contributed by atoms with van der Waals surface area (Å²) in [6.45, 7) is 2.34. The molecule has 0 radical (unpaired) electrons. The molecule has 1 amide bonds. The number of aliphatic carboxylic acids is 1. The second-order valence-corrected chi connectivity index (χ2v) is 5.08. The fraction of sp³-hybridized carbons (Fsp3) is 0.500. The van der Waals surface area contributed by atoms with Gasteiger partial charge in [0.15, 0.2) is 0 Å². The molecule has 1 unspecified atom stereocenters. The molecule has 0 spiro atoms. The van der Waals surface area contributed by atoms with E-state index < -0.39 is 12.0 Å². The molecule has 0 heterocycles. The minimum Gasteiger partial charge on any atom is -0.480 e. The van der Waals surface area contributed by atoms with Crippen LogP contribution in [0.15, 0.2) is 24.3 Å². The van der Waals surface area contributed by atoms with E-state index in [0.29, 0.717) is 19.4 Å². The number of carboxylic acids is 1. The standard InChI is InChI=1S/C16H23NO4/c1-12-6-8-13(9-7-12)4-3-5-15(18)17-14(16(19)20)10-11-21-2/h6-9,14H,3-5,10-11H2,1-2H3,(H,17,18)(H,19,20). The van der Waals surface area contributed by atoms with Crippen molar-refractivity contribution < 1.29 is 19.4 Å². The number of nitrogens with one attached hydrogen (secondary N) is 1. The van der Waals surface area contributed by atoms with Gasteiger partial charge in [-0.15, -0.1) is 0 Å². The number of methoxy groups -OCH3 is 1. The summed E-state index contributed by atoms with van der Waals surface area (Å²) < 4.78 is 4.84. The molecule has 0 aromatic heterocycles. The molecule has 0 bridgehead atoms. The van der Waals surface area contributed by atoms with Gasteiger partial charge in [-0.05, 0) is 25.3 Å². The predicted octanol–water partition coefficient (Wildman–Crippen LogP) is 1.92. The first kappa shape index (κ1) is 17.2. The number of benzene rings is 1. The molecule has 1 aromatic rings. The number of carbonyl (C=O) groups is 2. The van der Waals surface area contributed by atoms with Crippen molar-refractivity contribution >= 4 is 11.9 Å². The largest absolute Gasteiger partial charge is 0.480 e. The molecule has 116 valence electrons. The highest BCUT2D eigenvalue weighted by Gasteiger charge is 2.19. The third kappa shape index (κ3) is 6.90. The fourth-order valence-electron chi connectivity index (χ4n) is 1.97. The van der Waals surface area contributed by atoms with Gasteiger partial charge in [-0.25, -0.2) is 4.79 Å². The Kier molecular flexibility index (Phi) is 7.46. The van der Waals surface area contributed by atoms with Crippen molar-refractivity contribution in [2.45, 2.75) is 38.6 Å². The molecule has 0 fully saturated rings. The normalized spacial score (nSPS) is 11.9. The van der Waals surface area contributed by atoms with Crippen LogP contribution < -0.4 is 5.32 Å². The number of carboxylic acid groups (broad SMARTS) is 1. The van der Waals surface area contributed by atoms with Crippen LogP contribution in [-0.2, 0) is 20.7 Å². The van der Waals surface area contributed by atoms with Gasteiger partial charge in [0.2, 0.25) is 5.91 Å². The number of carbonyl (C=O) groups excluding carboxylic acids is 1. The minimum absolute atomic E-state index is 0.231. The first-order valence-electron chi connectivity index (χ1n) is 7.09. The highest BCUT2D eigenvalue weighted by atomic mass is 16.5. The van der Waals surface area contributed by atoms with Gasteiger partial charge in [0.05, 0.1) is 0 Å². The van der Waals surface area contributed by atoms with E-state index in [-0.39, 0.29) is 12.3 Å². The van der Waals surface area contributed by atoms with E-state index in [1.807, 2.05) is 31.2 Å². The monoisotopic (exact) mass is 293 g/mol. The maximum Gasteiger partial charge on any atom is 0.326 e. The van der Waals surface area contributed by atoms with Gasteiger partial charge < -0.3 is 15.2 Å². The Morgan fingerprint density at radius 1 is 1.29 bits per heavy atom. The summed E-state index contributed by atoms with van der Waals surface area (Å²) in [5, 5.41) is 11.5. The average Bonchev–Trinajstić information content (AvgIpc) is 2.45. The van der Waals surface area contributed by atoms with Crippen LogP contribution >= 0.6 is 0 Å². The van der Waals surface area contributed by atoms with E-state index >= 15 is 0 Å². The number of hydrogen-bond acceptors (Lipinski definition) is 3. The summed E-state index contributed by atoms with van der Waals surface area (Å²) >= 11 is 0. The molecule has 0 aliphatic rings. The number of rotatable bonds is 9. The van der Waals surface area contributed by atoms with Crippen LogP contribution in [0.5, 0.6) is 0 Å². The smallest absolute Gasteiger partial charge is 0.326 e. The van der Waals surface area contributed by atoms with Gasteiger partial charge in [0, 0.05) is 26.6 Å². The first-order chi connectivity index (χ1) is 10.0. The summed E-state index contributed by atoms with van der Waals surface area (Å²) in [6, 6.07) is 7.30. The van der Waals surface area contributed by atoms with Crippen LogP contribution in [0.25, 0.3) is 0 Å². The Balaban J connectivity index is 2.32. The molecule has 21 heavy (non-hydrogen) atoms. The highest BCUT2D eigenvalue weighted by Crippen LogP contribution is 2.07. The van der Waals surface area contributed by atoms with Gasteiger partial charge in [-0.1, -0.05) is 29.8 Å². The molecular weight excluding hydrogens is 270 g/mol. The van der Waals surface area contributed by atoms with Crippen molar-refractivity contribution in [1.82, 2.24) is 5.32 Å². The number of aryl methyl sites for hydroxylation is 2. The lowest BCUT2D eigenvalue weighted by Gasteiger charge is -2.13. The summed E-state index contributed by atoms with van der Waals surface area (Å²) in [5.41, 5.74) is 2.39. The predicted molar refractivity (Wildman–Crippen MR) is 80.2 cm³/mol. The van der Waals surface area contributed by atoms with Crippen LogP contribution in [0.2, 0.25) is 0 Å². The minimum atomic E-state index is -1.03. The molecule has 2 N–H and O–H groups in total. The lowest BCUT2D eigenvalue weighted by Crippen LogP contribution is -2.41. The quantitative estimate of drug-likeness (QED) is 0.729. The number of amides is 1. The van der Waals surface area contributed by atoms with Gasteiger partial charge >= 0.3 is 5.97 Å². The molecule has 1 aromatic carbocycles. The van der Waals surface area contributed by atoms with Gasteiger partial charge in [-0.3, -0.25) is 4.79 Å². The second-order valence-electron chi connectivity index (χ2n) is 5.08.